The van der Waals surface area contributed by atoms with Crippen LogP contribution in [0.25, 0.3) is 0 Å². The second kappa shape index (κ2) is 8.35. The molecule has 0 spiro atoms. The summed E-state index contributed by atoms with van der Waals surface area (Å²) in [5.74, 6) is 0.686. The molecule has 1 unspecified atom stereocenters. The molecule has 1 aromatic rings. The summed E-state index contributed by atoms with van der Waals surface area (Å²) < 4.78 is 19.1. The molecule has 1 heterocycles. The minimum absolute atomic E-state index is 0.287. The number of nitrogens with zero attached hydrogens (tertiary/aromatic N) is 1. The van der Waals surface area contributed by atoms with Crippen LogP contribution in [-0.2, 0) is 0 Å². The third-order valence-electron chi connectivity index (χ3n) is 3.77. The smallest absolute Gasteiger partial charge is 0.165 e. The first kappa shape index (κ1) is 16.2. The highest BCUT2D eigenvalue weighted by molar-refractivity contribution is 5.23. The van der Waals surface area contributed by atoms with E-state index < -0.39 is 0 Å². The van der Waals surface area contributed by atoms with Crippen molar-refractivity contribution in [3.63, 3.8) is 0 Å². The van der Waals surface area contributed by atoms with Gasteiger partial charge in [0, 0.05) is 25.7 Å². The van der Waals surface area contributed by atoms with Crippen LogP contribution in [0.1, 0.15) is 26.7 Å². The molecule has 4 heteroatoms. The van der Waals surface area contributed by atoms with E-state index in [0.717, 1.165) is 26.2 Å². The summed E-state index contributed by atoms with van der Waals surface area (Å²) in [5.41, 5.74) is 0. The molecule has 1 N–H and O–H groups in total. The number of rotatable bonds is 8. The predicted molar refractivity (Wildman–Crippen MR) is 84.2 cm³/mol. The van der Waals surface area contributed by atoms with Crippen LogP contribution < -0.4 is 10.1 Å². The molecule has 0 aliphatic carbocycles. The Bertz CT molecular complexity index is 419. The number of halogens is 1. The standard InChI is InChI=1S/C17H27FN2O/c1-14(2)12-20(13-15-6-5-9-19-15)10-11-21-17-8-4-3-7-16(17)18/h3-4,7-8,14-15,19H,5-6,9-13H2,1-2H3. The Morgan fingerprint density at radius 3 is 2.86 bits per heavy atom. The molecular formula is C17H27FN2O. The van der Waals surface area contributed by atoms with E-state index in [-0.39, 0.29) is 5.82 Å². The normalized spacial score (nSPS) is 18.6. The predicted octanol–water partition coefficient (Wildman–Crippen LogP) is 2.91. The van der Waals surface area contributed by atoms with Gasteiger partial charge in [-0.3, -0.25) is 4.90 Å². The summed E-state index contributed by atoms with van der Waals surface area (Å²) in [6.07, 6.45) is 2.52. The molecule has 1 fully saturated rings. The van der Waals surface area contributed by atoms with E-state index >= 15 is 0 Å². The first-order chi connectivity index (χ1) is 10.1. The molecule has 1 saturated heterocycles. The summed E-state index contributed by atoms with van der Waals surface area (Å²) >= 11 is 0. The van der Waals surface area contributed by atoms with E-state index in [0.29, 0.717) is 24.3 Å². The van der Waals surface area contributed by atoms with Crippen molar-refractivity contribution < 1.29 is 9.13 Å². The molecular weight excluding hydrogens is 267 g/mol. The minimum atomic E-state index is -0.287. The number of hydrogen-bond acceptors (Lipinski definition) is 3. The van der Waals surface area contributed by atoms with Crippen molar-refractivity contribution in [1.82, 2.24) is 10.2 Å². The average Bonchev–Trinajstić information content (AvgIpc) is 2.93. The van der Waals surface area contributed by atoms with Gasteiger partial charge in [-0.15, -0.1) is 0 Å². The topological polar surface area (TPSA) is 24.5 Å². The summed E-state index contributed by atoms with van der Waals surface area (Å²) in [6.45, 7) is 9.06. The lowest BCUT2D eigenvalue weighted by atomic mass is 10.1. The van der Waals surface area contributed by atoms with E-state index in [1.54, 1.807) is 18.2 Å². The van der Waals surface area contributed by atoms with Crippen molar-refractivity contribution in [1.29, 1.82) is 0 Å². The summed E-state index contributed by atoms with van der Waals surface area (Å²) in [7, 11) is 0. The van der Waals surface area contributed by atoms with E-state index in [1.165, 1.54) is 18.9 Å². The van der Waals surface area contributed by atoms with E-state index in [1.807, 2.05) is 0 Å². The molecule has 0 bridgehead atoms. The van der Waals surface area contributed by atoms with E-state index in [4.69, 9.17) is 4.74 Å². The fraction of sp³-hybridized carbons (Fsp3) is 0.647. The van der Waals surface area contributed by atoms with Gasteiger partial charge in [-0.1, -0.05) is 26.0 Å². The van der Waals surface area contributed by atoms with Crippen LogP contribution in [0, 0.1) is 11.7 Å². The van der Waals surface area contributed by atoms with E-state index in [2.05, 4.69) is 24.1 Å². The van der Waals surface area contributed by atoms with Crippen LogP contribution in [0.4, 0.5) is 4.39 Å². The number of ether oxygens (including phenoxy) is 1. The maximum absolute atomic E-state index is 13.5. The zero-order valence-corrected chi connectivity index (χ0v) is 13.1. The molecule has 1 aromatic carbocycles. The summed E-state index contributed by atoms with van der Waals surface area (Å²) in [5, 5.41) is 3.54. The van der Waals surface area contributed by atoms with Gasteiger partial charge in [0.25, 0.3) is 0 Å². The second-order valence-corrected chi connectivity index (χ2v) is 6.23. The first-order valence-corrected chi connectivity index (χ1v) is 7.98. The highest BCUT2D eigenvalue weighted by Crippen LogP contribution is 2.15. The third kappa shape index (κ3) is 5.64. The van der Waals surface area contributed by atoms with Crippen LogP contribution in [0.3, 0.4) is 0 Å². The number of nitrogens with one attached hydrogen (secondary N) is 1. The molecule has 0 saturated carbocycles. The van der Waals surface area contributed by atoms with Crippen LogP contribution in [0.2, 0.25) is 0 Å². The van der Waals surface area contributed by atoms with Gasteiger partial charge in [0.2, 0.25) is 0 Å². The first-order valence-electron chi connectivity index (χ1n) is 7.98. The Hall–Kier alpha value is -1.13. The fourth-order valence-corrected chi connectivity index (χ4v) is 2.84. The van der Waals surface area contributed by atoms with Crippen LogP contribution in [-0.4, -0.2) is 43.7 Å². The molecule has 3 nitrogen and oxygen atoms in total. The zero-order valence-electron chi connectivity index (χ0n) is 13.1. The highest BCUT2D eigenvalue weighted by atomic mass is 19.1. The SMILES string of the molecule is CC(C)CN(CCOc1ccccc1F)CC1CCCN1. The molecule has 0 amide bonds. The molecule has 0 aromatic heterocycles. The third-order valence-corrected chi connectivity index (χ3v) is 3.77. The van der Waals surface area contributed by atoms with Crippen molar-refractivity contribution in [3.05, 3.63) is 30.1 Å². The Balaban J connectivity index is 1.79. The largest absolute Gasteiger partial charge is 0.489 e. The van der Waals surface area contributed by atoms with Crippen molar-refractivity contribution >= 4 is 0 Å². The summed E-state index contributed by atoms with van der Waals surface area (Å²) in [6, 6.07) is 7.19. The molecule has 1 atom stereocenters. The van der Waals surface area contributed by atoms with Crippen molar-refractivity contribution in [3.8, 4) is 5.75 Å². The maximum Gasteiger partial charge on any atom is 0.165 e. The number of hydrogen-bond donors (Lipinski definition) is 1. The Kier molecular flexibility index (Phi) is 6.46. The molecule has 118 valence electrons. The van der Waals surface area contributed by atoms with Crippen molar-refractivity contribution in [2.24, 2.45) is 5.92 Å². The lowest BCUT2D eigenvalue weighted by Gasteiger charge is -2.27. The quantitative estimate of drug-likeness (QED) is 0.798. The summed E-state index contributed by atoms with van der Waals surface area (Å²) in [4.78, 5) is 2.43. The zero-order chi connectivity index (χ0) is 15.1. The highest BCUT2D eigenvalue weighted by Gasteiger charge is 2.18. The molecule has 0 radical (unpaired) electrons. The Morgan fingerprint density at radius 2 is 2.19 bits per heavy atom. The van der Waals surface area contributed by atoms with Gasteiger partial charge in [0.1, 0.15) is 6.61 Å². The lowest BCUT2D eigenvalue weighted by Crippen LogP contribution is -2.41. The number of benzene rings is 1. The minimum Gasteiger partial charge on any atom is -0.489 e. The van der Waals surface area contributed by atoms with Crippen LogP contribution in [0.15, 0.2) is 24.3 Å². The van der Waals surface area contributed by atoms with Gasteiger partial charge in [0.05, 0.1) is 0 Å². The second-order valence-electron chi connectivity index (χ2n) is 6.23. The average molecular weight is 294 g/mol. The van der Waals surface area contributed by atoms with Gasteiger partial charge in [0.15, 0.2) is 11.6 Å². The fourth-order valence-electron chi connectivity index (χ4n) is 2.84. The van der Waals surface area contributed by atoms with Crippen molar-refractivity contribution in [2.75, 3.05) is 32.8 Å². The monoisotopic (exact) mass is 294 g/mol. The maximum atomic E-state index is 13.5. The Morgan fingerprint density at radius 1 is 1.38 bits per heavy atom. The van der Waals surface area contributed by atoms with E-state index in [9.17, 15) is 4.39 Å². The molecule has 1 aliphatic heterocycles. The van der Waals surface area contributed by atoms with Gasteiger partial charge < -0.3 is 10.1 Å². The van der Waals surface area contributed by atoms with Gasteiger partial charge >= 0.3 is 0 Å². The molecule has 2 rings (SSSR count). The van der Waals surface area contributed by atoms with Crippen LogP contribution >= 0.6 is 0 Å². The number of para-hydroxylation sites is 1. The molecule has 21 heavy (non-hydrogen) atoms. The molecule has 1 aliphatic rings. The lowest BCUT2D eigenvalue weighted by molar-refractivity contribution is 0.178. The van der Waals surface area contributed by atoms with Gasteiger partial charge in [-0.2, -0.15) is 0 Å². The van der Waals surface area contributed by atoms with Gasteiger partial charge in [-0.05, 0) is 37.4 Å². The van der Waals surface area contributed by atoms with Crippen LogP contribution in [0.5, 0.6) is 5.75 Å². The van der Waals surface area contributed by atoms with Gasteiger partial charge in [-0.25, -0.2) is 4.39 Å². The van der Waals surface area contributed by atoms with Crippen molar-refractivity contribution in [2.45, 2.75) is 32.7 Å². The Labute approximate surface area is 127 Å².